The lowest BCUT2D eigenvalue weighted by molar-refractivity contribution is -0.137. The van der Waals surface area contributed by atoms with Gasteiger partial charge in [0, 0.05) is 29.6 Å². The van der Waals surface area contributed by atoms with E-state index in [0.717, 1.165) is 17.0 Å². The topological polar surface area (TPSA) is 33.2 Å². The van der Waals surface area contributed by atoms with Crippen molar-refractivity contribution in [1.82, 2.24) is 4.98 Å². The van der Waals surface area contributed by atoms with Gasteiger partial charge in [-0.25, -0.2) is 0 Å². The van der Waals surface area contributed by atoms with Gasteiger partial charge in [-0.05, 0) is 30.3 Å². The SMILES string of the molecule is CN(C(=O)c1ccc(Br)cc1C(F)(F)F)c1ccncc1. The largest absolute Gasteiger partial charge is 0.417 e. The fourth-order valence-corrected chi connectivity index (χ4v) is 2.16. The van der Waals surface area contributed by atoms with Gasteiger partial charge in [-0.15, -0.1) is 0 Å². The van der Waals surface area contributed by atoms with Crippen LogP contribution in [0.25, 0.3) is 0 Å². The minimum Gasteiger partial charge on any atom is -0.311 e. The van der Waals surface area contributed by atoms with Gasteiger partial charge in [-0.2, -0.15) is 13.2 Å². The summed E-state index contributed by atoms with van der Waals surface area (Å²) in [6.07, 6.45) is -1.68. The Morgan fingerprint density at radius 3 is 2.38 bits per heavy atom. The molecule has 2 aromatic rings. The third kappa shape index (κ3) is 3.41. The summed E-state index contributed by atoms with van der Waals surface area (Å²) in [5, 5.41) is 0. The van der Waals surface area contributed by atoms with Crippen LogP contribution in [0.15, 0.2) is 47.2 Å². The van der Waals surface area contributed by atoms with Gasteiger partial charge in [0.05, 0.1) is 11.1 Å². The minimum atomic E-state index is -4.60. The quantitative estimate of drug-likeness (QED) is 0.808. The first-order valence-corrected chi connectivity index (χ1v) is 6.65. The summed E-state index contributed by atoms with van der Waals surface area (Å²) in [5.41, 5.74) is -0.904. The molecular weight excluding hydrogens is 349 g/mol. The first kappa shape index (κ1) is 15.5. The molecule has 0 saturated heterocycles. The molecule has 0 radical (unpaired) electrons. The number of hydrogen-bond donors (Lipinski definition) is 0. The highest BCUT2D eigenvalue weighted by Crippen LogP contribution is 2.34. The van der Waals surface area contributed by atoms with Crippen molar-refractivity contribution >= 4 is 27.5 Å². The zero-order valence-electron chi connectivity index (χ0n) is 10.9. The molecule has 0 aliphatic heterocycles. The van der Waals surface area contributed by atoms with E-state index in [1.807, 2.05) is 0 Å². The van der Waals surface area contributed by atoms with Gasteiger partial charge >= 0.3 is 6.18 Å². The van der Waals surface area contributed by atoms with Crippen molar-refractivity contribution in [3.8, 4) is 0 Å². The van der Waals surface area contributed by atoms with Gasteiger partial charge < -0.3 is 4.90 Å². The molecule has 0 N–H and O–H groups in total. The number of carbonyl (C=O) groups excluding carboxylic acids is 1. The minimum absolute atomic E-state index is 0.262. The number of nitrogens with zero attached hydrogens (tertiary/aromatic N) is 2. The molecule has 0 bridgehead atoms. The first-order valence-electron chi connectivity index (χ1n) is 5.85. The molecule has 0 aliphatic carbocycles. The summed E-state index contributed by atoms with van der Waals surface area (Å²) in [6.45, 7) is 0. The second-order valence-corrected chi connectivity index (χ2v) is 5.17. The molecule has 2 rings (SSSR count). The number of aromatic nitrogens is 1. The van der Waals surface area contributed by atoms with Gasteiger partial charge in [0.2, 0.25) is 0 Å². The number of carbonyl (C=O) groups is 1. The standard InChI is InChI=1S/C14H10BrF3N2O/c1-20(10-4-6-19-7-5-10)13(21)11-3-2-9(15)8-12(11)14(16,17)18/h2-8H,1H3. The molecule has 1 aromatic carbocycles. The van der Waals surface area contributed by atoms with Crippen molar-refractivity contribution in [3.63, 3.8) is 0 Å². The molecule has 110 valence electrons. The number of amides is 1. The molecule has 1 aromatic heterocycles. The van der Waals surface area contributed by atoms with Gasteiger partial charge in [0.1, 0.15) is 0 Å². The lowest BCUT2D eigenvalue weighted by Crippen LogP contribution is -2.28. The summed E-state index contributed by atoms with van der Waals surface area (Å²) in [4.78, 5) is 17.3. The Hall–Kier alpha value is -1.89. The average molecular weight is 359 g/mol. The molecule has 0 unspecified atom stereocenters. The van der Waals surface area contributed by atoms with Crippen LogP contribution in [0.5, 0.6) is 0 Å². The van der Waals surface area contributed by atoms with Gasteiger partial charge in [-0.1, -0.05) is 15.9 Å². The van der Waals surface area contributed by atoms with E-state index in [0.29, 0.717) is 5.69 Å². The fourth-order valence-electron chi connectivity index (χ4n) is 1.80. The molecule has 0 aliphatic rings. The van der Waals surface area contributed by atoms with Crippen molar-refractivity contribution in [2.24, 2.45) is 0 Å². The summed E-state index contributed by atoms with van der Waals surface area (Å²) in [6, 6.07) is 6.55. The normalized spacial score (nSPS) is 11.3. The van der Waals surface area contributed by atoms with Gasteiger partial charge in [0.25, 0.3) is 5.91 Å². The maximum Gasteiger partial charge on any atom is 0.417 e. The van der Waals surface area contributed by atoms with Crippen molar-refractivity contribution in [2.45, 2.75) is 6.18 Å². The van der Waals surface area contributed by atoms with Crippen LogP contribution in [0.1, 0.15) is 15.9 Å². The molecule has 1 amide bonds. The third-order valence-electron chi connectivity index (χ3n) is 2.87. The van der Waals surface area contributed by atoms with Crippen molar-refractivity contribution in [1.29, 1.82) is 0 Å². The van der Waals surface area contributed by atoms with E-state index in [1.54, 1.807) is 12.1 Å². The fraction of sp³-hybridized carbons (Fsp3) is 0.143. The van der Waals surface area contributed by atoms with Gasteiger partial charge in [0.15, 0.2) is 0 Å². The maximum atomic E-state index is 13.1. The summed E-state index contributed by atoms with van der Waals surface area (Å²) in [7, 11) is 1.42. The second-order valence-electron chi connectivity index (χ2n) is 4.26. The Balaban J connectivity index is 2.45. The molecule has 0 saturated carbocycles. The van der Waals surface area contributed by atoms with Crippen LogP contribution in [-0.4, -0.2) is 17.9 Å². The van der Waals surface area contributed by atoms with Crippen LogP contribution in [0, 0.1) is 0 Å². The maximum absolute atomic E-state index is 13.1. The molecule has 0 fully saturated rings. The number of alkyl halides is 3. The zero-order chi connectivity index (χ0) is 15.6. The van der Waals surface area contributed by atoms with E-state index in [2.05, 4.69) is 20.9 Å². The van der Waals surface area contributed by atoms with E-state index in [-0.39, 0.29) is 4.47 Å². The summed E-state index contributed by atoms with van der Waals surface area (Å²) < 4.78 is 39.4. The van der Waals surface area contributed by atoms with Crippen LogP contribution in [-0.2, 0) is 6.18 Å². The molecular formula is C14H10BrF3N2O. The number of halogens is 4. The average Bonchev–Trinajstić information content (AvgIpc) is 2.45. The van der Waals surface area contributed by atoms with Crippen molar-refractivity contribution in [3.05, 3.63) is 58.3 Å². The lowest BCUT2D eigenvalue weighted by Gasteiger charge is -2.20. The Labute approximate surface area is 127 Å². The van der Waals surface area contributed by atoms with Gasteiger partial charge in [-0.3, -0.25) is 9.78 Å². The summed E-state index contributed by atoms with van der Waals surface area (Å²) >= 11 is 2.99. The third-order valence-corrected chi connectivity index (χ3v) is 3.37. The molecule has 0 atom stereocenters. The van der Waals surface area contributed by atoms with E-state index < -0.39 is 23.2 Å². The van der Waals surface area contributed by atoms with Crippen molar-refractivity contribution < 1.29 is 18.0 Å². The zero-order valence-corrected chi connectivity index (χ0v) is 12.4. The highest BCUT2D eigenvalue weighted by molar-refractivity contribution is 9.10. The molecule has 21 heavy (non-hydrogen) atoms. The van der Waals surface area contributed by atoms with E-state index >= 15 is 0 Å². The Kier molecular flexibility index (Phi) is 4.32. The monoisotopic (exact) mass is 358 g/mol. The highest BCUT2D eigenvalue weighted by Gasteiger charge is 2.36. The van der Waals surface area contributed by atoms with Crippen LogP contribution < -0.4 is 4.90 Å². The number of anilines is 1. The Bertz CT molecular complexity index is 659. The number of hydrogen-bond acceptors (Lipinski definition) is 2. The number of pyridine rings is 1. The predicted molar refractivity (Wildman–Crippen MR) is 76.1 cm³/mol. The second kappa shape index (κ2) is 5.85. The van der Waals surface area contributed by atoms with Crippen LogP contribution >= 0.6 is 15.9 Å². The molecule has 3 nitrogen and oxygen atoms in total. The van der Waals surface area contributed by atoms with Crippen LogP contribution in [0.2, 0.25) is 0 Å². The summed E-state index contributed by atoms with van der Waals surface area (Å²) in [5.74, 6) is -0.735. The Morgan fingerprint density at radius 1 is 1.19 bits per heavy atom. The molecule has 1 heterocycles. The van der Waals surface area contributed by atoms with Crippen LogP contribution in [0.4, 0.5) is 18.9 Å². The predicted octanol–water partition coefficient (Wildman–Crippen LogP) is 4.14. The lowest BCUT2D eigenvalue weighted by atomic mass is 10.1. The van der Waals surface area contributed by atoms with E-state index in [4.69, 9.17) is 0 Å². The highest BCUT2D eigenvalue weighted by atomic mass is 79.9. The molecule has 0 spiro atoms. The number of benzene rings is 1. The first-order chi connectivity index (χ1) is 9.80. The van der Waals surface area contributed by atoms with E-state index in [1.165, 1.54) is 25.5 Å². The smallest absolute Gasteiger partial charge is 0.311 e. The Morgan fingerprint density at radius 2 is 1.81 bits per heavy atom. The molecule has 7 heteroatoms. The van der Waals surface area contributed by atoms with Crippen molar-refractivity contribution in [2.75, 3.05) is 11.9 Å². The van der Waals surface area contributed by atoms with Crippen LogP contribution in [0.3, 0.4) is 0 Å². The van der Waals surface area contributed by atoms with E-state index in [9.17, 15) is 18.0 Å². The number of rotatable bonds is 2.